The summed E-state index contributed by atoms with van der Waals surface area (Å²) in [7, 11) is 5.54. The number of ether oxygens (including phenoxy) is 2. The van der Waals surface area contributed by atoms with Crippen molar-refractivity contribution in [3.05, 3.63) is 0 Å². The van der Waals surface area contributed by atoms with Crippen LogP contribution in [-0.4, -0.2) is 57.5 Å². The number of nitrogens with zero attached hydrogens (tertiary/aromatic N) is 1. The molecule has 0 aliphatic heterocycles. The lowest BCUT2D eigenvalue weighted by Crippen LogP contribution is -2.47. The van der Waals surface area contributed by atoms with E-state index in [1.54, 1.807) is 0 Å². The highest BCUT2D eigenvalue weighted by atomic mass is 16.5. The molecule has 0 amide bonds. The van der Waals surface area contributed by atoms with Gasteiger partial charge in [0.05, 0.1) is 33.9 Å². The molecule has 2 aliphatic rings. The van der Waals surface area contributed by atoms with Gasteiger partial charge in [-0.1, -0.05) is 20.8 Å². The largest absolute Gasteiger partial charge is 0.465 e. The van der Waals surface area contributed by atoms with Crippen LogP contribution in [0.4, 0.5) is 0 Å². The molecular formula is C17H32NO3+. The summed E-state index contributed by atoms with van der Waals surface area (Å²) in [5, 5.41) is 0. The highest BCUT2D eigenvalue weighted by Crippen LogP contribution is 2.66. The van der Waals surface area contributed by atoms with Crippen LogP contribution in [0.1, 0.15) is 40.0 Å². The number of esters is 1. The molecule has 3 atom stereocenters. The molecule has 2 fully saturated rings. The van der Waals surface area contributed by atoms with Crippen molar-refractivity contribution in [2.24, 2.45) is 16.7 Å². The van der Waals surface area contributed by atoms with E-state index in [1.807, 2.05) is 14.1 Å². The molecule has 0 heterocycles. The second-order valence-electron chi connectivity index (χ2n) is 8.36. The maximum atomic E-state index is 11.4. The van der Waals surface area contributed by atoms with Crippen molar-refractivity contribution < 1.29 is 18.8 Å². The molecule has 0 aromatic rings. The maximum Gasteiger partial charge on any atom is 0.361 e. The Hall–Kier alpha value is -0.610. The Morgan fingerprint density at radius 2 is 1.95 bits per heavy atom. The van der Waals surface area contributed by atoms with E-state index in [0.717, 1.165) is 12.5 Å². The van der Waals surface area contributed by atoms with Gasteiger partial charge in [0.1, 0.15) is 6.54 Å². The van der Waals surface area contributed by atoms with Gasteiger partial charge >= 0.3 is 5.97 Å². The molecular weight excluding hydrogens is 266 g/mol. The number of hydrogen-bond acceptors (Lipinski definition) is 3. The fraction of sp³-hybridized carbons (Fsp3) is 0.941. The summed E-state index contributed by atoms with van der Waals surface area (Å²) in [5.41, 5.74) is 0.714. The molecule has 0 N–H and O–H groups in total. The highest BCUT2D eigenvalue weighted by Gasteiger charge is 2.61. The number of quaternary nitrogens is 1. The number of fused-ring (bicyclic) bond motifs is 2. The predicted molar refractivity (Wildman–Crippen MR) is 82.8 cm³/mol. The Bertz CT molecular complexity index is 405. The van der Waals surface area contributed by atoms with Crippen LogP contribution in [0.2, 0.25) is 0 Å². The maximum absolute atomic E-state index is 11.4. The van der Waals surface area contributed by atoms with Gasteiger partial charge in [-0.25, -0.2) is 4.79 Å². The first-order valence-electron chi connectivity index (χ1n) is 8.13. The van der Waals surface area contributed by atoms with E-state index in [2.05, 4.69) is 20.8 Å². The van der Waals surface area contributed by atoms with Gasteiger partial charge in [-0.2, -0.15) is 0 Å². The molecule has 0 saturated heterocycles. The minimum absolute atomic E-state index is 0.159. The number of rotatable bonds is 6. The Balaban J connectivity index is 1.84. The van der Waals surface area contributed by atoms with E-state index in [-0.39, 0.29) is 5.97 Å². The summed E-state index contributed by atoms with van der Waals surface area (Å²) in [6, 6.07) is 0. The Morgan fingerprint density at radius 3 is 2.43 bits per heavy atom. The second kappa shape index (κ2) is 5.54. The summed E-state index contributed by atoms with van der Waals surface area (Å²) in [4.78, 5) is 11.4. The fourth-order valence-electron chi connectivity index (χ4n) is 4.32. The molecule has 2 bridgehead atoms. The van der Waals surface area contributed by atoms with E-state index in [9.17, 15) is 4.79 Å². The molecule has 2 aliphatic carbocycles. The van der Waals surface area contributed by atoms with E-state index in [4.69, 9.17) is 9.47 Å². The number of carbonyl (C=O) groups is 1. The molecule has 122 valence electrons. The summed E-state index contributed by atoms with van der Waals surface area (Å²) in [6.45, 7) is 9.17. The third-order valence-electron chi connectivity index (χ3n) is 6.51. The quantitative estimate of drug-likeness (QED) is 0.558. The Labute approximate surface area is 129 Å². The second-order valence-corrected chi connectivity index (χ2v) is 8.36. The standard InChI is InChI=1S/C17H32NO3/c1-16(2)13-7-8-17(16,3)14(11-13)21-10-9-18(4,5)12-15(19)20-6/h13-14H,7-12H2,1-6H3/q+1/t13-,14+,17+/m0/s1. The molecule has 4 nitrogen and oxygen atoms in total. The first-order valence-corrected chi connectivity index (χ1v) is 8.13. The summed E-state index contributed by atoms with van der Waals surface area (Å²) >= 11 is 0. The van der Waals surface area contributed by atoms with Crippen LogP contribution in [0.15, 0.2) is 0 Å². The predicted octanol–water partition coefficient (Wildman–Crippen LogP) is 2.47. The van der Waals surface area contributed by atoms with Crippen molar-refractivity contribution in [3.63, 3.8) is 0 Å². The molecule has 0 aromatic heterocycles. The zero-order valence-electron chi connectivity index (χ0n) is 14.6. The molecule has 2 saturated carbocycles. The zero-order valence-corrected chi connectivity index (χ0v) is 14.6. The minimum Gasteiger partial charge on any atom is -0.465 e. The van der Waals surface area contributed by atoms with Crippen LogP contribution in [0.5, 0.6) is 0 Å². The molecule has 2 rings (SSSR count). The van der Waals surface area contributed by atoms with Crippen LogP contribution >= 0.6 is 0 Å². The van der Waals surface area contributed by atoms with Gasteiger partial charge in [0.2, 0.25) is 0 Å². The van der Waals surface area contributed by atoms with Crippen LogP contribution in [0.3, 0.4) is 0 Å². The van der Waals surface area contributed by atoms with Gasteiger partial charge in [-0.3, -0.25) is 0 Å². The van der Waals surface area contributed by atoms with Crippen LogP contribution in [0.25, 0.3) is 0 Å². The first-order chi connectivity index (χ1) is 9.62. The monoisotopic (exact) mass is 298 g/mol. The molecule has 0 aromatic carbocycles. The van der Waals surface area contributed by atoms with Gasteiger partial charge in [0.15, 0.2) is 6.54 Å². The minimum atomic E-state index is -0.159. The Morgan fingerprint density at radius 1 is 1.29 bits per heavy atom. The van der Waals surface area contributed by atoms with Crippen LogP contribution in [-0.2, 0) is 14.3 Å². The third kappa shape index (κ3) is 2.98. The van der Waals surface area contributed by atoms with Gasteiger partial charge < -0.3 is 14.0 Å². The van der Waals surface area contributed by atoms with Crippen molar-refractivity contribution in [1.29, 1.82) is 0 Å². The molecule has 4 heteroatoms. The molecule has 21 heavy (non-hydrogen) atoms. The van der Waals surface area contributed by atoms with Crippen molar-refractivity contribution >= 4 is 5.97 Å². The van der Waals surface area contributed by atoms with Crippen molar-refractivity contribution in [3.8, 4) is 0 Å². The van der Waals surface area contributed by atoms with Crippen molar-refractivity contribution in [2.75, 3.05) is 40.9 Å². The average molecular weight is 298 g/mol. The summed E-state index contributed by atoms with van der Waals surface area (Å²) < 4.78 is 11.6. The molecule has 0 unspecified atom stereocenters. The van der Waals surface area contributed by atoms with E-state index in [1.165, 1.54) is 26.4 Å². The smallest absolute Gasteiger partial charge is 0.361 e. The SMILES string of the molecule is COC(=O)C[N+](C)(C)CCO[C@@H]1C[C@@H]2CC[C@@]1(C)C2(C)C. The lowest BCUT2D eigenvalue weighted by Gasteiger charge is -2.39. The van der Waals surface area contributed by atoms with E-state index >= 15 is 0 Å². The lowest BCUT2D eigenvalue weighted by molar-refractivity contribution is -0.883. The van der Waals surface area contributed by atoms with Gasteiger partial charge in [-0.05, 0) is 36.0 Å². The number of carbonyl (C=O) groups excluding carboxylic acids is 1. The van der Waals surface area contributed by atoms with E-state index in [0.29, 0.717) is 34.6 Å². The average Bonchev–Trinajstić information content (AvgIpc) is 2.71. The highest BCUT2D eigenvalue weighted by molar-refractivity contribution is 5.70. The number of likely N-dealkylation sites (N-methyl/N-ethyl adjacent to an activating group) is 1. The summed E-state index contributed by atoms with van der Waals surface area (Å²) in [5.74, 6) is 0.651. The first kappa shape index (κ1) is 16.8. The zero-order chi connectivity index (χ0) is 15.9. The van der Waals surface area contributed by atoms with Crippen LogP contribution < -0.4 is 0 Å². The van der Waals surface area contributed by atoms with Crippen molar-refractivity contribution in [1.82, 2.24) is 0 Å². The summed E-state index contributed by atoms with van der Waals surface area (Å²) in [6.07, 6.45) is 4.22. The topological polar surface area (TPSA) is 35.5 Å². The van der Waals surface area contributed by atoms with Crippen molar-refractivity contribution in [2.45, 2.75) is 46.1 Å². The normalized spacial score (nSPS) is 34.2. The number of methoxy groups -OCH3 is 1. The third-order valence-corrected chi connectivity index (χ3v) is 6.51. The van der Waals surface area contributed by atoms with Gasteiger partial charge in [-0.15, -0.1) is 0 Å². The molecule has 0 radical (unpaired) electrons. The number of hydrogen-bond donors (Lipinski definition) is 0. The fourth-order valence-corrected chi connectivity index (χ4v) is 4.32. The Kier molecular flexibility index (Phi) is 4.42. The van der Waals surface area contributed by atoms with Gasteiger partial charge in [0, 0.05) is 0 Å². The molecule has 0 spiro atoms. The van der Waals surface area contributed by atoms with E-state index < -0.39 is 0 Å². The van der Waals surface area contributed by atoms with Crippen LogP contribution in [0, 0.1) is 16.7 Å². The lowest BCUT2D eigenvalue weighted by atomic mass is 9.70. The van der Waals surface area contributed by atoms with Gasteiger partial charge in [0.25, 0.3) is 0 Å².